The molecule has 1 atom stereocenters. The van der Waals surface area contributed by atoms with Crippen LogP contribution in [0.15, 0.2) is 54.6 Å². The minimum atomic E-state index is 0.177. The molecule has 0 spiro atoms. The molecule has 2 aromatic rings. The first-order chi connectivity index (χ1) is 11.2. The van der Waals surface area contributed by atoms with Crippen molar-refractivity contribution < 1.29 is 4.79 Å². The molecule has 3 rings (SSSR count). The molecule has 0 radical (unpaired) electrons. The van der Waals surface area contributed by atoms with Crippen LogP contribution in [0.2, 0.25) is 0 Å². The van der Waals surface area contributed by atoms with Crippen molar-refractivity contribution in [2.24, 2.45) is 0 Å². The zero-order valence-electron chi connectivity index (χ0n) is 13.7. The van der Waals surface area contributed by atoms with Crippen LogP contribution in [-0.2, 0) is 17.9 Å². The fourth-order valence-corrected chi connectivity index (χ4v) is 3.09. The largest absolute Gasteiger partial charge is 0.355 e. The lowest BCUT2D eigenvalue weighted by Crippen LogP contribution is -2.47. The molecule has 0 unspecified atom stereocenters. The van der Waals surface area contributed by atoms with Gasteiger partial charge in [-0.05, 0) is 24.5 Å². The smallest absolute Gasteiger partial charge is 0.220 e. The van der Waals surface area contributed by atoms with E-state index in [9.17, 15) is 4.79 Å². The first kappa shape index (κ1) is 15.8. The van der Waals surface area contributed by atoms with E-state index in [1.165, 1.54) is 16.7 Å². The summed E-state index contributed by atoms with van der Waals surface area (Å²) in [5, 5.41) is 3.01. The Bertz CT molecular complexity index is 626. The molecule has 120 valence electrons. The van der Waals surface area contributed by atoms with Gasteiger partial charge in [0, 0.05) is 32.1 Å². The number of hydrogen-bond acceptors (Lipinski definition) is 2. The summed E-state index contributed by atoms with van der Waals surface area (Å²) in [5.74, 6) is 0.177. The Hall–Kier alpha value is -2.13. The second kappa shape index (κ2) is 7.42. The molecule has 2 aromatic carbocycles. The number of amides is 1. The first-order valence-corrected chi connectivity index (χ1v) is 8.31. The Labute approximate surface area is 138 Å². The van der Waals surface area contributed by atoms with Crippen molar-refractivity contribution in [3.63, 3.8) is 0 Å². The molecule has 1 saturated heterocycles. The van der Waals surface area contributed by atoms with E-state index in [4.69, 9.17) is 0 Å². The van der Waals surface area contributed by atoms with Crippen LogP contribution in [0, 0.1) is 6.92 Å². The van der Waals surface area contributed by atoms with Gasteiger partial charge in [0.25, 0.3) is 0 Å². The number of aryl methyl sites for hydroxylation is 1. The van der Waals surface area contributed by atoms with Gasteiger partial charge >= 0.3 is 0 Å². The molecule has 0 bridgehead atoms. The normalized spacial score (nSPS) is 18.0. The third-order valence-corrected chi connectivity index (χ3v) is 4.49. The summed E-state index contributed by atoms with van der Waals surface area (Å²) in [6.07, 6.45) is 1.56. The molecule has 1 aliphatic rings. The fraction of sp³-hybridized carbons (Fsp3) is 0.350. The number of nitrogens with one attached hydrogen (secondary N) is 1. The van der Waals surface area contributed by atoms with Crippen molar-refractivity contribution >= 4 is 5.91 Å². The summed E-state index contributed by atoms with van der Waals surface area (Å²) in [4.78, 5) is 13.9. The van der Waals surface area contributed by atoms with Gasteiger partial charge in [-0.15, -0.1) is 0 Å². The maximum Gasteiger partial charge on any atom is 0.220 e. The van der Waals surface area contributed by atoms with Crippen molar-refractivity contribution in [3.05, 3.63) is 71.3 Å². The highest BCUT2D eigenvalue weighted by atomic mass is 16.1. The fourth-order valence-electron chi connectivity index (χ4n) is 3.09. The molecule has 0 saturated carbocycles. The van der Waals surface area contributed by atoms with Gasteiger partial charge in [0.05, 0.1) is 0 Å². The average molecular weight is 308 g/mol. The number of carbonyl (C=O) groups is 1. The molecule has 3 heteroatoms. The van der Waals surface area contributed by atoms with Crippen LogP contribution in [0.3, 0.4) is 0 Å². The van der Waals surface area contributed by atoms with E-state index in [2.05, 4.69) is 71.7 Å². The molecule has 1 amide bonds. The second-order valence-corrected chi connectivity index (χ2v) is 6.37. The molecule has 1 heterocycles. The molecule has 23 heavy (non-hydrogen) atoms. The highest BCUT2D eigenvalue weighted by molar-refractivity contribution is 5.76. The van der Waals surface area contributed by atoms with Crippen molar-refractivity contribution in [1.29, 1.82) is 0 Å². The highest BCUT2D eigenvalue weighted by Crippen LogP contribution is 2.18. The van der Waals surface area contributed by atoms with Crippen LogP contribution < -0.4 is 5.32 Å². The van der Waals surface area contributed by atoms with Crippen LogP contribution in [0.25, 0.3) is 0 Å². The maximum atomic E-state index is 11.5. The van der Waals surface area contributed by atoms with Crippen LogP contribution >= 0.6 is 0 Å². The summed E-state index contributed by atoms with van der Waals surface area (Å²) >= 11 is 0. The Kier molecular flexibility index (Phi) is 5.09. The predicted octanol–water partition coefficient (Wildman–Crippen LogP) is 3.28. The lowest BCUT2D eigenvalue weighted by Gasteiger charge is -2.34. The average Bonchev–Trinajstić information content (AvgIpc) is 2.58. The summed E-state index contributed by atoms with van der Waals surface area (Å²) in [7, 11) is 0. The van der Waals surface area contributed by atoms with E-state index >= 15 is 0 Å². The van der Waals surface area contributed by atoms with Crippen LogP contribution in [0.1, 0.15) is 29.5 Å². The van der Waals surface area contributed by atoms with Gasteiger partial charge in [0.15, 0.2) is 0 Å². The molecule has 1 fully saturated rings. The number of benzene rings is 2. The minimum Gasteiger partial charge on any atom is -0.355 e. The number of piperidine rings is 1. The molecular formula is C20H24N2O. The van der Waals surface area contributed by atoms with Gasteiger partial charge < -0.3 is 5.32 Å². The molecule has 0 aliphatic carbocycles. The highest BCUT2D eigenvalue weighted by Gasteiger charge is 2.24. The second-order valence-electron chi connectivity index (χ2n) is 6.37. The lowest BCUT2D eigenvalue weighted by molar-refractivity contribution is -0.123. The van der Waals surface area contributed by atoms with Gasteiger partial charge in [0.2, 0.25) is 5.91 Å². The van der Waals surface area contributed by atoms with E-state index < -0.39 is 0 Å². The maximum absolute atomic E-state index is 11.5. The van der Waals surface area contributed by atoms with Crippen molar-refractivity contribution in [1.82, 2.24) is 10.2 Å². The Balaban J connectivity index is 1.74. The summed E-state index contributed by atoms with van der Waals surface area (Å²) in [5.41, 5.74) is 3.92. The summed E-state index contributed by atoms with van der Waals surface area (Å²) in [6, 6.07) is 19.7. The number of hydrogen-bond donors (Lipinski definition) is 1. The zero-order valence-corrected chi connectivity index (χ0v) is 13.7. The van der Waals surface area contributed by atoms with Crippen molar-refractivity contribution in [3.8, 4) is 0 Å². The topological polar surface area (TPSA) is 32.3 Å². The lowest BCUT2D eigenvalue weighted by atomic mass is 10.0. The van der Waals surface area contributed by atoms with Gasteiger partial charge in [-0.1, -0.05) is 60.2 Å². The Morgan fingerprint density at radius 3 is 2.26 bits per heavy atom. The standard InChI is InChI=1S/C20H24N2O/c1-16-7-9-18(10-8-16)15-22(14-17-5-3-2-4-6-17)19-11-12-20(23)21-13-19/h2-10,19H,11-15H2,1H3,(H,21,23)/t19-/m0/s1. The Morgan fingerprint density at radius 1 is 1.00 bits per heavy atom. The van der Waals surface area contributed by atoms with Gasteiger partial charge in [-0.3, -0.25) is 9.69 Å². The third-order valence-electron chi connectivity index (χ3n) is 4.49. The van der Waals surface area contributed by atoms with Crippen molar-refractivity contribution in [2.45, 2.75) is 38.9 Å². The number of nitrogens with zero attached hydrogens (tertiary/aromatic N) is 1. The van der Waals surface area contributed by atoms with Gasteiger partial charge in [-0.25, -0.2) is 0 Å². The SMILES string of the molecule is Cc1ccc(CN(Cc2ccccc2)[C@H]2CCC(=O)NC2)cc1. The predicted molar refractivity (Wildman–Crippen MR) is 92.9 cm³/mol. The number of carbonyl (C=O) groups excluding carboxylic acids is 1. The molecule has 0 aromatic heterocycles. The van der Waals surface area contributed by atoms with E-state index in [0.717, 1.165) is 26.1 Å². The summed E-state index contributed by atoms with van der Waals surface area (Å²) in [6.45, 7) is 4.69. The molecule has 1 N–H and O–H groups in total. The van der Waals surface area contributed by atoms with Crippen molar-refractivity contribution in [2.75, 3.05) is 6.54 Å². The Morgan fingerprint density at radius 2 is 1.65 bits per heavy atom. The number of rotatable bonds is 5. The molecule has 1 aliphatic heterocycles. The minimum absolute atomic E-state index is 0.177. The van der Waals surface area contributed by atoms with Crippen LogP contribution in [0.4, 0.5) is 0 Å². The molecular weight excluding hydrogens is 284 g/mol. The monoisotopic (exact) mass is 308 g/mol. The van der Waals surface area contributed by atoms with E-state index in [0.29, 0.717) is 12.5 Å². The van der Waals surface area contributed by atoms with Crippen LogP contribution in [-0.4, -0.2) is 23.4 Å². The van der Waals surface area contributed by atoms with Gasteiger partial charge in [-0.2, -0.15) is 0 Å². The van der Waals surface area contributed by atoms with E-state index in [-0.39, 0.29) is 5.91 Å². The first-order valence-electron chi connectivity index (χ1n) is 8.31. The quantitative estimate of drug-likeness (QED) is 0.919. The third kappa shape index (κ3) is 4.42. The van der Waals surface area contributed by atoms with Gasteiger partial charge in [0.1, 0.15) is 0 Å². The molecule has 3 nitrogen and oxygen atoms in total. The van der Waals surface area contributed by atoms with E-state index in [1.807, 2.05) is 0 Å². The van der Waals surface area contributed by atoms with E-state index in [1.54, 1.807) is 0 Å². The zero-order chi connectivity index (χ0) is 16.1. The summed E-state index contributed by atoms with van der Waals surface area (Å²) < 4.78 is 0. The van der Waals surface area contributed by atoms with Crippen LogP contribution in [0.5, 0.6) is 0 Å².